The van der Waals surface area contributed by atoms with Crippen LogP contribution in [0.15, 0.2) is 17.6 Å². The minimum Gasteiger partial charge on any atom is -0.395 e. The van der Waals surface area contributed by atoms with Crippen LogP contribution in [0.2, 0.25) is 0 Å². The van der Waals surface area contributed by atoms with Gasteiger partial charge in [-0.3, -0.25) is 9.36 Å². The van der Waals surface area contributed by atoms with E-state index in [4.69, 9.17) is 5.11 Å². The van der Waals surface area contributed by atoms with E-state index >= 15 is 0 Å². The molecule has 2 rings (SSSR count). The van der Waals surface area contributed by atoms with E-state index in [0.29, 0.717) is 18.7 Å². The van der Waals surface area contributed by atoms with Gasteiger partial charge in [-0.1, -0.05) is 0 Å². The summed E-state index contributed by atoms with van der Waals surface area (Å²) in [5.41, 5.74) is 2.55. The number of hydrogen-bond acceptors (Lipinski definition) is 4. The second-order valence-electron chi connectivity index (χ2n) is 4.54. The van der Waals surface area contributed by atoms with Gasteiger partial charge < -0.3 is 10.0 Å². The van der Waals surface area contributed by atoms with Gasteiger partial charge in [0, 0.05) is 36.1 Å². The minimum absolute atomic E-state index is 0.0230. The molecule has 0 saturated carbocycles. The third-order valence-electron chi connectivity index (χ3n) is 3.31. The van der Waals surface area contributed by atoms with Crippen molar-refractivity contribution in [3.05, 3.63) is 34.6 Å². The first kappa shape index (κ1) is 14.7. The highest BCUT2D eigenvalue weighted by atomic mass is 32.1. The Labute approximate surface area is 122 Å². The Kier molecular flexibility index (Phi) is 4.57. The maximum atomic E-state index is 12.5. The number of aliphatic hydroxyl groups excluding tert-OH is 1. The lowest BCUT2D eigenvalue weighted by atomic mass is 10.2. The molecule has 0 aromatic carbocycles. The van der Waals surface area contributed by atoms with Crippen molar-refractivity contribution in [1.82, 2.24) is 14.5 Å². The maximum Gasteiger partial charge on any atom is 0.255 e. The van der Waals surface area contributed by atoms with E-state index in [1.165, 1.54) is 0 Å². The van der Waals surface area contributed by atoms with Gasteiger partial charge in [0.2, 0.25) is 0 Å². The summed E-state index contributed by atoms with van der Waals surface area (Å²) in [6.45, 7) is 6.72. The van der Waals surface area contributed by atoms with Crippen molar-refractivity contribution in [2.24, 2.45) is 0 Å². The average molecular weight is 293 g/mol. The van der Waals surface area contributed by atoms with Gasteiger partial charge in [0.05, 0.1) is 12.2 Å². The third kappa shape index (κ3) is 2.62. The Hall–Kier alpha value is -1.66. The number of likely N-dealkylation sites (N-methyl/N-ethyl adjacent to an activating group) is 1. The average Bonchev–Trinajstić information content (AvgIpc) is 3.03. The van der Waals surface area contributed by atoms with E-state index in [1.54, 1.807) is 22.4 Å². The van der Waals surface area contributed by atoms with Gasteiger partial charge in [0.15, 0.2) is 5.13 Å². The van der Waals surface area contributed by atoms with Gasteiger partial charge in [0.1, 0.15) is 0 Å². The lowest BCUT2D eigenvalue weighted by molar-refractivity contribution is 0.0731. The first-order valence-electron chi connectivity index (χ1n) is 6.59. The van der Waals surface area contributed by atoms with E-state index in [-0.39, 0.29) is 12.5 Å². The van der Waals surface area contributed by atoms with Gasteiger partial charge in [-0.15, -0.1) is 11.3 Å². The molecule has 0 aliphatic carbocycles. The first-order valence-corrected chi connectivity index (χ1v) is 7.47. The third-order valence-corrected chi connectivity index (χ3v) is 4.07. The molecule has 1 N–H and O–H groups in total. The van der Waals surface area contributed by atoms with E-state index in [0.717, 1.165) is 16.5 Å². The smallest absolute Gasteiger partial charge is 0.255 e. The molecule has 1 amide bonds. The SMILES string of the molecule is CCN(CCO)C(=O)c1cc(C)n(-c2nccs2)c1C. The molecule has 0 unspecified atom stereocenters. The van der Waals surface area contributed by atoms with Crippen LogP contribution < -0.4 is 0 Å². The molecule has 20 heavy (non-hydrogen) atoms. The number of rotatable bonds is 5. The molecule has 0 bridgehead atoms. The molecule has 2 aromatic rings. The second-order valence-corrected chi connectivity index (χ2v) is 5.42. The number of aryl methyl sites for hydroxylation is 1. The Morgan fingerprint density at radius 1 is 1.50 bits per heavy atom. The van der Waals surface area contributed by atoms with Crippen LogP contribution in [0.3, 0.4) is 0 Å². The van der Waals surface area contributed by atoms with Crippen LogP contribution in [0.4, 0.5) is 0 Å². The van der Waals surface area contributed by atoms with Crippen molar-refractivity contribution < 1.29 is 9.90 Å². The Bertz CT molecular complexity index is 590. The van der Waals surface area contributed by atoms with Gasteiger partial charge in [-0.2, -0.15) is 0 Å². The van der Waals surface area contributed by atoms with Crippen molar-refractivity contribution in [3.8, 4) is 5.13 Å². The van der Waals surface area contributed by atoms with Crippen molar-refractivity contribution in [2.75, 3.05) is 19.7 Å². The monoisotopic (exact) mass is 293 g/mol. The quantitative estimate of drug-likeness (QED) is 0.917. The fourth-order valence-electron chi connectivity index (χ4n) is 2.29. The number of nitrogens with zero attached hydrogens (tertiary/aromatic N) is 3. The normalized spacial score (nSPS) is 10.8. The lowest BCUT2D eigenvalue weighted by Gasteiger charge is -2.19. The molecule has 0 aliphatic rings. The van der Waals surface area contributed by atoms with Gasteiger partial charge in [-0.25, -0.2) is 4.98 Å². The molecule has 6 heteroatoms. The van der Waals surface area contributed by atoms with E-state index in [9.17, 15) is 4.79 Å². The molecule has 0 saturated heterocycles. The molecule has 2 heterocycles. The molecule has 108 valence electrons. The number of hydrogen-bond donors (Lipinski definition) is 1. The van der Waals surface area contributed by atoms with Gasteiger partial charge in [0.25, 0.3) is 5.91 Å². The number of thiazole rings is 1. The van der Waals surface area contributed by atoms with Gasteiger partial charge in [-0.05, 0) is 26.8 Å². The number of aliphatic hydroxyl groups is 1. The number of carbonyl (C=O) groups excluding carboxylic acids is 1. The van der Waals surface area contributed by atoms with Gasteiger partial charge >= 0.3 is 0 Å². The summed E-state index contributed by atoms with van der Waals surface area (Å²) >= 11 is 1.54. The predicted octanol–water partition coefficient (Wildman–Crippen LogP) is 2.01. The molecule has 0 aliphatic heterocycles. The van der Waals surface area contributed by atoms with Crippen LogP contribution in [0.25, 0.3) is 5.13 Å². The largest absolute Gasteiger partial charge is 0.395 e. The molecule has 0 radical (unpaired) electrons. The number of aromatic nitrogens is 2. The Morgan fingerprint density at radius 3 is 2.80 bits per heavy atom. The zero-order valence-electron chi connectivity index (χ0n) is 12.0. The summed E-state index contributed by atoms with van der Waals surface area (Å²) in [6, 6.07) is 1.89. The highest BCUT2D eigenvalue weighted by Gasteiger charge is 2.21. The highest BCUT2D eigenvalue weighted by molar-refractivity contribution is 7.12. The molecule has 0 fully saturated rings. The molecular formula is C14H19N3O2S. The van der Waals surface area contributed by atoms with E-state index in [1.807, 2.05) is 36.8 Å². The van der Waals surface area contributed by atoms with Crippen molar-refractivity contribution in [3.63, 3.8) is 0 Å². The van der Waals surface area contributed by atoms with Crippen LogP contribution in [-0.4, -0.2) is 45.2 Å². The highest BCUT2D eigenvalue weighted by Crippen LogP contribution is 2.23. The van der Waals surface area contributed by atoms with Crippen molar-refractivity contribution in [1.29, 1.82) is 0 Å². The summed E-state index contributed by atoms with van der Waals surface area (Å²) in [7, 11) is 0. The predicted molar refractivity (Wildman–Crippen MR) is 79.6 cm³/mol. The summed E-state index contributed by atoms with van der Waals surface area (Å²) in [6.07, 6.45) is 1.75. The zero-order valence-corrected chi connectivity index (χ0v) is 12.8. The topological polar surface area (TPSA) is 58.4 Å². The molecule has 0 atom stereocenters. The van der Waals surface area contributed by atoms with Crippen molar-refractivity contribution in [2.45, 2.75) is 20.8 Å². The molecule has 2 aromatic heterocycles. The molecular weight excluding hydrogens is 274 g/mol. The van der Waals surface area contributed by atoms with Crippen LogP contribution in [-0.2, 0) is 0 Å². The van der Waals surface area contributed by atoms with Crippen molar-refractivity contribution >= 4 is 17.2 Å². The Morgan fingerprint density at radius 2 is 2.25 bits per heavy atom. The standard InChI is InChI=1S/C14H19N3O2S/c1-4-16(6-7-18)13(19)12-9-10(2)17(11(12)3)14-15-5-8-20-14/h5,8-9,18H,4,6-7H2,1-3H3. The van der Waals surface area contributed by atoms with Crippen LogP contribution in [0.1, 0.15) is 28.7 Å². The fourth-order valence-corrected chi connectivity index (χ4v) is 3.05. The second kappa shape index (κ2) is 6.19. The summed E-state index contributed by atoms with van der Waals surface area (Å²) in [5, 5.41) is 11.8. The molecule has 0 spiro atoms. The summed E-state index contributed by atoms with van der Waals surface area (Å²) in [4.78, 5) is 18.5. The first-order chi connectivity index (χ1) is 9.60. The fraction of sp³-hybridized carbons (Fsp3) is 0.429. The lowest BCUT2D eigenvalue weighted by Crippen LogP contribution is -2.33. The molecule has 5 nitrogen and oxygen atoms in total. The zero-order chi connectivity index (χ0) is 14.7. The number of amides is 1. The Balaban J connectivity index is 2.39. The minimum atomic E-state index is -0.0440. The van der Waals surface area contributed by atoms with E-state index < -0.39 is 0 Å². The summed E-state index contributed by atoms with van der Waals surface area (Å²) in [5.74, 6) is -0.0440. The number of carbonyl (C=O) groups is 1. The van der Waals surface area contributed by atoms with Crippen LogP contribution in [0, 0.1) is 13.8 Å². The summed E-state index contributed by atoms with van der Waals surface area (Å²) < 4.78 is 1.99. The van der Waals surface area contributed by atoms with Crippen LogP contribution >= 0.6 is 11.3 Å². The van der Waals surface area contributed by atoms with E-state index in [2.05, 4.69) is 4.98 Å². The maximum absolute atomic E-state index is 12.5. The van der Waals surface area contributed by atoms with Crippen LogP contribution in [0.5, 0.6) is 0 Å².